The van der Waals surface area contributed by atoms with Crippen LogP contribution < -0.4 is 5.73 Å². The molecule has 2 N–H and O–H groups in total. The van der Waals surface area contributed by atoms with Crippen molar-refractivity contribution in [2.45, 2.75) is 59.7 Å². The molecule has 2 nitrogen and oxygen atoms in total. The first kappa shape index (κ1) is 16.2. The second-order valence-electron chi connectivity index (χ2n) is 6.79. The fourth-order valence-electron chi connectivity index (χ4n) is 3.05. The highest BCUT2D eigenvalue weighted by molar-refractivity contribution is 5.22. The van der Waals surface area contributed by atoms with Crippen molar-refractivity contribution in [3.63, 3.8) is 0 Å². The third-order valence-corrected chi connectivity index (χ3v) is 3.75. The maximum absolute atomic E-state index is 6.35. The highest BCUT2D eigenvalue weighted by atomic mass is 15.2. The first-order valence-corrected chi connectivity index (χ1v) is 7.27. The molecule has 0 aliphatic heterocycles. The molecule has 0 aromatic heterocycles. The molecule has 0 amide bonds. The predicted molar refractivity (Wildman–Crippen MR) is 84.2 cm³/mol. The molecule has 0 radical (unpaired) electrons. The average molecular weight is 262 g/mol. The molecule has 2 atom stereocenters. The lowest BCUT2D eigenvalue weighted by Gasteiger charge is -2.41. The average Bonchev–Trinajstić information content (AvgIpc) is 2.26. The van der Waals surface area contributed by atoms with E-state index in [1.807, 2.05) is 0 Å². The third kappa shape index (κ3) is 4.63. The monoisotopic (exact) mass is 262 g/mol. The van der Waals surface area contributed by atoms with Crippen molar-refractivity contribution >= 4 is 0 Å². The summed E-state index contributed by atoms with van der Waals surface area (Å²) in [6.45, 7) is 12.1. The van der Waals surface area contributed by atoms with E-state index in [4.69, 9.17) is 5.73 Å². The van der Waals surface area contributed by atoms with Gasteiger partial charge < -0.3 is 5.73 Å². The van der Waals surface area contributed by atoms with Gasteiger partial charge in [-0.3, -0.25) is 4.90 Å². The fraction of sp³-hybridized carbons (Fsp3) is 0.647. The minimum Gasteiger partial charge on any atom is -0.326 e. The molecule has 108 valence electrons. The van der Waals surface area contributed by atoms with Gasteiger partial charge in [-0.15, -0.1) is 0 Å². The van der Waals surface area contributed by atoms with Gasteiger partial charge in [0.25, 0.3) is 0 Å². The lowest BCUT2D eigenvalue weighted by Crippen LogP contribution is -2.52. The van der Waals surface area contributed by atoms with E-state index in [1.54, 1.807) is 0 Å². The summed E-state index contributed by atoms with van der Waals surface area (Å²) in [5, 5.41) is 0. The summed E-state index contributed by atoms with van der Waals surface area (Å²) in [4.78, 5) is 2.41. The lowest BCUT2D eigenvalue weighted by atomic mass is 9.80. The fourth-order valence-corrected chi connectivity index (χ4v) is 3.05. The van der Waals surface area contributed by atoms with Crippen molar-refractivity contribution in [3.05, 3.63) is 35.4 Å². The molecule has 0 heterocycles. The molecule has 0 fully saturated rings. The molecule has 0 saturated heterocycles. The van der Waals surface area contributed by atoms with Crippen molar-refractivity contribution in [3.8, 4) is 0 Å². The number of rotatable bonds is 5. The standard InChI is InChI=1S/C17H30N2/c1-7-15(18)16(17(3,4)5)19(6)12-14-10-8-9-13(2)11-14/h8-11,15-16H,7,12,18H2,1-6H3. The molecule has 1 aromatic rings. The smallest absolute Gasteiger partial charge is 0.0295 e. The Hall–Kier alpha value is -0.860. The second-order valence-corrected chi connectivity index (χ2v) is 6.79. The van der Waals surface area contributed by atoms with E-state index in [0.717, 1.165) is 13.0 Å². The Morgan fingerprint density at radius 2 is 1.89 bits per heavy atom. The summed E-state index contributed by atoms with van der Waals surface area (Å²) in [6.07, 6.45) is 1.01. The van der Waals surface area contributed by atoms with Gasteiger partial charge in [0, 0.05) is 18.6 Å². The lowest BCUT2D eigenvalue weighted by molar-refractivity contribution is 0.0939. The summed E-state index contributed by atoms with van der Waals surface area (Å²) in [5.41, 5.74) is 9.21. The maximum atomic E-state index is 6.35. The van der Waals surface area contributed by atoms with E-state index in [2.05, 4.69) is 70.8 Å². The van der Waals surface area contributed by atoms with Crippen LogP contribution in [0, 0.1) is 12.3 Å². The summed E-state index contributed by atoms with van der Waals surface area (Å²) in [5.74, 6) is 0. The van der Waals surface area contributed by atoms with Gasteiger partial charge in [0.05, 0.1) is 0 Å². The van der Waals surface area contributed by atoms with Gasteiger partial charge in [0.1, 0.15) is 0 Å². The number of aryl methyl sites for hydroxylation is 1. The van der Waals surface area contributed by atoms with E-state index in [9.17, 15) is 0 Å². The highest BCUT2D eigenvalue weighted by Crippen LogP contribution is 2.27. The molecule has 0 aliphatic rings. The maximum Gasteiger partial charge on any atom is 0.0295 e. The van der Waals surface area contributed by atoms with E-state index in [1.165, 1.54) is 11.1 Å². The minimum absolute atomic E-state index is 0.188. The quantitative estimate of drug-likeness (QED) is 0.879. The Kier molecular flexibility index (Phi) is 5.57. The molecule has 1 aromatic carbocycles. The Labute approximate surface area is 119 Å². The van der Waals surface area contributed by atoms with Gasteiger partial charge >= 0.3 is 0 Å². The van der Waals surface area contributed by atoms with Crippen molar-refractivity contribution in [1.82, 2.24) is 4.90 Å². The Morgan fingerprint density at radius 1 is 1.26 bits per heavy atom. The highest BCUT2D eigenvalue weighted by Gasteiger charge is 2.32. The Bertz CT molecular complexity index is 392. The molecule has 0 aliphatic carbocycles. The van der Waals surface area contributed by atoms with E-state index < -0.39 is 0 Å². The Balaban J connectivity index is 2.86. The van der Waals surface area contributed by atoms with Crippen LogP contribution in [0.15, 0.2) is 24.3 Å². The summed E-state index contributed by atoms with van der Waals surface area (Å²) >= 11 is 0. The van der Waals surface area contributed by atoms with Crippen LogP contribution in [0.4, 0.5) is 0 Å². The van der Waals surface area contributed by atoms with Crippen molar-refractivity contribution in [2.24, 2.45) is 11.1 Å². The van der Waals surface area contributed by atoms with Crippen LogP contribution in [0.3, 0.4) is 0 Å². The topological polar surface area (TPSA) is 29.3 Å². The summed E-state index contributed by atoms with van der Waals surface area (Å²) in [7, 11) is 2.19. The SMILES string of the molecule is CCC(N)C(N(C)Cc1cccc(C)c1)C(C)(C)C. The van der Waals surface area contributed by atoms with Crippen molar-refractivity contribution in [1.29, 1.82) is 0 Å². The van der Waals surface area contributed by atoms with Crippen LogP contribution in [0.1, 0.15) is 45.2 Å². The van der Waals surface area contributed by atoms with Crippen LogP contribution in [0.2, 0.25) is 0 Å². The molecule has 1 rings (SSSR count). The van der Waals surface area contributed by atoms with Crippen LogP contribution in [-0.4, -0.2) is 24.0 Å². The number of benzene rings is 1. The van der Waals surface area contributed by atoms with Crippen LogP contribution in [0.5, 0.6) is 0 Å². The number of nitrogens with two attached hydrogens (primary N) is 1. The zero-order valence-corrected chi connectivity index (χ0v) is 13.4. The van der Waals surface area contributed by atoms with Crippen LogP contribution in [-0.2, 0) is 6.54 Å². The normalized spacial score (nSPS) is 15.6. The zero-order valence-electron chi connectivity index (χ0n) is 13.4. The van der Waals surface area contributed by atoms with Crippen LogP contribution in [0.25, 0.3) is 0 Å². The second kappa shape index (κ2) is 6.53. The first-order chi connectivity index (χ1) is 8.75. The molecule has 19 heavy (non-hydrogen) atoms. The predicted octanol–water partition coefficient (Wildman–Crippen LogP) is 3.58. The van der Waals surface area contributed by atoms with Crippen molar-refractivity contribution in [2.75, 3.05) is 7.05 Å². The molecular formula is C17H30N2. The van der Waals surface area contributed by atoms with Crippen LogP contribution >= 0.6 is 0 Å². The van der Waals surface area contributed by atoms with E-state index >= 15 is 0 Å². The van der Waals surface area contributed by atoms with Crippen molar-refractivity contribution < 1.29 is 0 Å². The third-order valence-electron chi connectivity index (χ3n) is 3.75. The molecule has 2 unspecified atom stereocenters. The molecule has 2 heteroatoms. The van der Waals surface area contributed by atoms with Gasteiger partial charge in [0.2, 0.25) is 0 Å². The van der Waals surface area contributed by atoms with E-state index in [0.29, 0.717) is 6.04 Å². The molecule has 0 spiro atoms. The largest absolute Gasteiger partial charge is 0.326 e. The number of hydrogen-bond donors (Lipinski definition) is 1. The van der Waals surface area contributed by atoms with Gasteiger partial charge in [0.15, 0.2) is 0 Å². The summed E-state index contributed by atoms with van der Waals surface area (Å²) in [6, 6.07) is 9.33. The van der Waals surface area contributed by atoms with Gasteiger partial charge in [-0.25, -0.2) is 0 Å². The number of hydrogen-bond acceptors (Lipinski definition) is 2. The summed E-state index contributed by atoms with van der Waals surface area (Å²) < 4.78 is 0. The minimum atomic E-state index is 0.188. The molecule has 0 saturated carbocycles. The van der Waals surface area contributed by atoms with E-state index in [-0.39, 0.29) is 11.5 Å². The number of likely N-dealkylation sites (N-methyl/N-ethyl adjacent to an activating group) is 1. The van der Waals surface area contributed by atoms with Gasteiger partial charge in [-0.05, 0) is 31.4 Å². The molecular weight excluding hydrogens is 232 g/mol. The Morgan fingerprint density at radius 3 is 2.37 bits per heavy atom. The van der Waals surface area contributed by atoms with Gasteiger partial charge in [-0.1, -0.05) is 57.5 Å². The zero-order chi connectivity index (χ0) is 14.6. The number of nitrogens with zero attached hydrogens (tertiary/aromatic N) is 1. The van der Waals surface area contributed by atoms with Gasteiger partial charge in [-0.2, -0.15) is 0 Å². The molecule has 0 bridgehead atoms. The first-order valence-electron chi connectivity index (χ1n) is 7.27.